The van der Waals surface area contributed by atoms with E-state index >= 15 is 0 Å². The zero-order valence-electron chi connectivity index (χ0n) is 18.7. The van der Waals surface area contributed by atoms with Crippen LogP contribution in [0.2, 0.25) is 15.1 Å². The molecule has 0 saturated carbocycles. The SMILES string of the molecule is CCOc1cc(CNCCNc2ccc([N+](=O)[O-])cc2Cl)cc(Br)c1OCc1ccc(Cl)cc1Cl. The van der Waals surface area contributed by atoms with Crippen molar-refractivity contribution in [1.29, 1.82) is 0 Å². The highest BCUT2D eigenvalue weighted by Crippen LogP contribution is 2.38. The van der Waals surface area contributed by atoms with Crippen molar-refractivity contribution in [1.82, 2.24) is 5.32 Å². The Balaban J connectivity index is 1.56. The number of rotatable bonds is 12. The van der Waals surface area contributed by atoms with Gasteiger partial charge in [0.25, 0.3) is 5.69 Å². The Morgan fingerprint density at radius 3 is 2.49 bits per heavy atom. The molecule has 3 rings (SSSR count). The quantitative estimate of drug-likeness (QED) is 0.127. The van der Waals surface area contributed by atoms with Gasteiger partial charge in [0, 0.05) is 47.4 Å². The van der Waals surface area contributed by atoms with Crippen LogP contribution in [0.25, 0.3) is 0 Å². The molecule has 0 aliphatic carbocycles. The molecule has 0 spiro atoms. The number of nitrogens with zero attached hydrogens (tertiary/aromatic N) is 1. The van der Waals surface area contributed by atoms with E-state index in [1.807, 2.05) is 25.1 Å². The lowest BCUT2D eigenvalue weighted by molar-refractivity contribution is -0.384. The van der Waals surface area contributed by atoms with Gasteiger partial charge in [0.1, 0.15) is 6.61 Å². The second kappa shape index (κ2) is 13.2. The van der Waals surface area contributed by atoms with Crippen molar-refractivity contribution < 1.29 is 14.4 Å². The van der Waals surface area contributed by atoms with Crippen LogP contribution in [0.5, 0.6) is 11.5 Å². The first kappa shape index (κ1) is 27.4. The summed E-state index contributed by atoms with van der Waals surface area (Å²) in [6.45, 7) is 4.48. The Hall–Kier alpha value is -2.23. The molecule has 0 unspecified atom stereocenters. The number of hydrogen-bond donors (Lipinski definition) is 2. The van der Waals surface area contributed by atoms with Gasteiger partial charge in [-0.15, -0.1) is 0 Å². The van der Waals surface area contributed by atoms with Crippen LogP contribution >= 0.6 is 50.7 Å². The van der Waals surface area contributed by atoms with Crippen LogP contribution in [0.15, 0.2) is 53.0 Å². The minimum atomic E-state index is -0.477. The number of halogens is 4. The second-order valence-corrected chi connectivity index (χ2v) is 9.49. The van der Waals surface area contributed by atoms with E-state index < -0.39 is 4.92 Å². The zero-order valence-corrected chi connectivity index (χ0v) is 22.6. The predicted molar refractivity (Wildman–Crippen MR) is 144 cm³/mol. The second-order valence-electron chi connectivity index (χ2n) is 7.39. The van der Waals surface area contributed by atoms with Gasteiger partial charge in [0.05, 0.1) is 26.7 Å². The van der Waals surface area contributed by atoms with Gasteiger partial charge in [0.15, 0.2) is 11.5 Å². The van der Waals surface area contributed by atoms with E-state index in [1.165, 1.54) is 12.1 Å². The third kappa shape index (κ3) is 7.88. The molecule has 3 aromatic carbocycles. The summed E-state index contributed by atoms with van der Waals surface area (Å²) in [4.78, 5) is 10.3. The van der Waals surface area contributed by atoms with E-state index in [4.69, 9.17) is 44.3 Å². The van der Waals surface area contributed by atoms with Crippen molar-refractivity contribution >= 4 is 62.1 Å². The molecule has 3 aromatic rings. The number of nitro benzene ring substituents is 1. The minimum absolute atomic E-state index is 0.0435. The van der Waals surface area contributed by atoms with E-state index in [-0.39, 0.29) is 12.3 Å². The Labute approximate surface area is 226 Å². The third-order valence-corrected chi connectivity index (χ3v) is 6.35. The highest BCUT2D eigenvalue weighted by atomic mass is 79.9. The Morgan fingerprint density at radius 2 is 1.80 bits per heavy atom. The Morgan fingerprint density at radius 1 is 1.00 bits per heavy atom. The summed E-state index contributed by atoms with van der Waals surface area (Å²) in [7, 11) is 0. The summed E-state index contributed by atoms with van der Waals surface area (Å²) in [5, 5.41) is 18.7. The number of non-ortho nitro benzene ring substituents is 1. The summed E-state index contributed by atoms with van der Waals surface area (Å²) in [5.41, 5.74) is 2.42. The van der Waals surface area contributed by atoms with Gasteiger partial charge in [0.2, 0.25) is 0 Å². The molecule has 0 aliphatic heterocycles. The average molecular weight is 604 g/mol. The fourth-order valence-electron chi connectivity index (χ4n) is 3.19. The summed E-state index contributed by atoms with van der Waals surface area (Å²) in [6, 6.07) is 13.5. The molecule has 0 aliphatic rings. The van der Waals surface area contributed by atoms with Gasteiger partial charge in [-0.2, -0.15) is 0 Å². The fraction of sp³-hybridized carbons (Fsp3) is 0.250. The third-order valence-electron chi connectivity index (χ3n) is 4.87. The summed E-state index contributed by atoms with van der Waals surface area (Å²) < 4.78 is 12.6. The van der Waals surface area contributed by atoms with Gasteiger partial charge in [-0.1, -0.05) is 40.9 Å². The van der Waals surface area contributed by atoms with E-state index in [0.29, 0.717) is 58.5 Å². The topological polar surface area (TPSA) is 85.7 Å². The molecule has 35 heavy (non-hydrogen) atoms. The lowest BCUT2D eigenvalue weighted by Gasteiger charge is -2.16. The maximum Gasteiger partial charge on any atom is 0.271 e. The first-order chi connectivity index (χ1) is 16.8. The number of benzene rings is 3. The van der Waals surface area contributed by atoms with E-state index in [9.17, 15) is 10.1 Å². The van der Waals surface area contributed by atoms with Crippen LogP contribution in [-0.2, 0) is 13.2 Å². The standard InChI is InChI=1S/C24H23BrCl3N3O4/c1-2-34-23-10-15(9-19(25)24(23)35-14-16-3-4-17(26)11-20(16)27)13-29-7-8-30-22-6-5-18(31(32)33)12-21(22)28/h3-6,9-12,29-30H,2,7-8,13-14H2,1H3. The van der Waals surface area contributed by atoms with Crippen molar-refractivity contribution in [2.24, 2.45) is 0 Å². The van der Waals surface area contributed by atoms with Crippen molar-refractivity contribution in [3.63, 3.8) is 0 Å². The highest BCUT2D eigenvalue weighted by molar-refractivity contribution is 9.10. The van der Waals surface area contributed by atoms with Crippen LogP contribution in [0.3, 0.4) is 0 Å². The van der Waals surface area contributed by atoms with E-state index in [2.05, 4.69) is 26.6 Å². The van der Waals surface area contributed by atoms with Gasteiger partial charge >= 0.3 is 0 Å². The number of nitro groups is 1. The molecular formula is C24H23BrCl3N3O4. The highest BCUT2D eigenvalue weighted by Gasteiger charge is 2.14. The van der Waals surface area contributed by atoms with Crippen LogP contribution in [0.4, 0.5) is 11.4 Å². The van der Waals surface area contributed by atoms with Crippen LogP contribution in [-0.4, -0.2) is 24.6 Å². The smallest absolute Gasteiger partial charge is 0.271 e. The summed E-state index contributed by atoms with van der Waals surface area (Å²) in [6.07, 6.45) is 0. The van der Waals surface area contributed by atoms with Crippen molar-refractivity contribution in [3.8, 4) is 11.5 Å². The molecule has 186 valence electrons. The van der Waals surface area contributed by atoms with E-state index in [0.717, 1.165) is 15.6 Å². The molecule has 0 heterocycles. The first-order valence-electron chi connectivity index (χ1n) is 10.7. The molecule has 0 radical (unpaired) electrons. The normalized spacial score (nSPS) is 10.8. The largest absolute Gasteiger partial charge is 0.490 e. The van der Waals surface area contributed by atoms with Crippen LogP contribution < -0.4 is 20.1 Å². The Bertz CT molecular complexity index is 1200. The maximum absolute atomic E-state index is 10.8. The average Bonchev–Trinajstić information content (AvgIpc) is 2.80. The Kier molecular flexibility index (Phi) is 10.3. The van der Waals surface area contributed by atoms with Gasteiger partial charge in [-0.3, -0.25) is 10.1 Å². The maximum atomic E-state index is 10.8. The van der Waals surface area contributed by atoms with Crippen LogP contribution in [0.1, 0.15) is 18.1 Å². The van der Waals surface area contributed by atoms with Gasteiger partial charge < -0.3 is 20.1 Å². The van der Waals surface area contributed by atoms with E-state index in [1.54, 1.807) is 18.2 Å². The number of ether oxygens (including phenoxy) is 2. The molecule has 0 atom stereocenters. The van der Waals surface area contributed by atoms with Crippen LogP contribution in [0, 0.1) is 10.1 Å². The molecule has 0 aromatic heterocycles. The summed E-state index contributed by atoms with van der Waals surface area (Å²) >= 11 is 21.9. The van der Waals surface area contributed by atoms with Gasteiger partial charge in [-0.05, 0) is 58.7 Å². The van der Waals surface area contributed by atoms with Crippen molar-refractivity contribution in [2.45, 2.75) is 20.1 Å². The number of nitrogens with one attached hydrogen (secondary N) is 2. The lowest BCUT2D eigenvalue weighted by atomic mass is 10.2. The molecule has 2 N–H and O–H groups in total. The molecule has 0 amide bonds. The van der Waals surface area contributed by atoms with Crippen molar-refractivity contribution in [3.05, 3.63) is 89.3 Å². The summed E-state index contributed by atoms with van der Waals surface area (Å²) in [5.74, 6) is 1.22. The molecule has 7 nitrogen and oxygen atoms in total. The lowest BCUT2D eigenvalue weighted by Crippen LogP contribution is -2.22. The minimum Gasteiger partial charge on any atom is -0.490 e. The van der Waals surface area contributed by atoms with Crippen molar-refractivity contribution in [2.75, 3.05) is 25.0 Å². The monoisotopic (exact) mass is 601 g/mol. The molecule has 11 heteroatoms. The molecule has 0 saturated heterocycles. The number of anilines is 1. The zero-order chi connectivity index (χ0) is 25.4. The molecule has 0 bridgehead atoms. The molecule has 0 fully saturated rings. The molecular weight excluding hydrogens is 581 g/mol. The number of hydrogen-bond acceptors (Lipinski definition) is 6. The van der Waals surface area contributed by atoms with Gasteiger partial charge in [-0.25, -0.2) is 0 Å². The fourth-order valence-corrected chi connectivity index (χ4v) is 4.50. The first-order valence-corrected chi connectivity index (χ1v) is 12.6. The predicted octanol–water partition coefficient (Wildman–Crippen LogP) is 7.50.